The van der Waals surface area contributed by atoms with Crippen LogP contribution in [0.3, 0.4) is 0 Å². The van der Waals surface area contributed by atoms with Crippen LogP contribution in [-0.4, -0.2) is 43.0 Å². The lowest BCUT2D eigenvalue weighted by atomic mass is 10.2. The van der Waals surface area contributed by atoms with Crippen LogP contribution in [-0.2, 0) is 6.54 Å². The van der Waals surface area contributed by atoms with Gasteiger partial charge in [0.1, 0.15) is 18.5 Å². The molecule has 0 unspecified atom stereocenters. The van der Waals surface area contributed by atoms with Crippen molar-refractivity contribution in [1.29, 1.82) is 5.26 Å². The average Bonchev–Trinajstić information content (AvgIpc) is 3.09. The second-order valence-electron chi connectivity index (χ2n) is 5.01. The molecule has 0 aliphatic carbocycles. The van der Waals surface area contributed by atoms with Crippen molar-refractivity contribution in [3.63, 3.8) is 0 Å². The predicted molar refractivity (Wildman–Crippen MR) is 83.7 cm³/mol. The Morgan fingerprint density at radius 2 is 2.08 bits per heavy atom. The lowest BCUT2D eigenvalue weighted by Gasteiger charge is -2.11. The summed E-state index contributed by atoms with van der Waals surface area (Å²) in [5.41, 5.74) is 1.31. The second kappa shape index (κ2) is 7.30. The van der Waals surface area contributed by atoms with E-state index in [0.29, 0.717) is 17.1 Å². The number of aliphatic hydroxyl groups excluding tert-OH is 1. The standard InChI is InChI=1S/C16H14N6O2/c17-8-12-3-5-15(6-4-12)24-11-14(23)10-22-20-16(19-21-22)13-2-1-7-18-9-13/h1-7,9,14,23H,10-11H2/t14-/m1/s1. The molecule has 0 aliphatic heterocycles. The lowest BCUT2D eigenvalue weighted by molar-refractivity contribution is 0.0850. The summed E-state index contributed by atoms with van der Waals surface area (Å²) in [6.45, 7) is 0.235. The van der Waals surface area contributed by atoms with E-state index in [4.69, 9.17) is 10.00 Å². The number of nitriles is 1. The first kappa shape index (κ1) is 15.6. The summed E-state index contributed by atoms with van der Waals surface area (Å²) < 4.78 is 5.47. The Hall–Kier alpha value is -3.31. The monoisotopic (exact) mass is 322 g/mol. The zero-order chi connectivity index (χ0) is 16.8. The van der Waals surface area contributed by atoms with Crippen molar-refractivity contribution >= 4 is 0 Å². The molecule has 8 heteroatoms. The van der Waals surface area contributed by atoms with Gasteiger partial charge in [-0.1, -0.05) is 0 Å². The topological polar surface area (TPSA) is 110 Å². The molecule has 0 saturated carbocycles. The summed E-state index contributed by atoms with van der Waals surface area (Å²) in [7, 11) is 0. The molecule has 2 heterocycles. The Morgan fingerprint density at radius 3 is 2.79 bits per heavy atom. The Balaban J connectivity index is 1.54. The molecule has 1 atom stereocenters. The first-order chi connectivity index (χ1) is 11.7. The van der Waals surface area contributed by atoms with Crippen LogP contribution in [0.4, 0.5) is 0 Å². The Bertz CT molecular complexity index is 826. The molecule has 2 aromatic heterocycles. The van der Waals surface area contributed by atoms with Crippen LogP contribution in [0.1, 0.15) is 5.56 Å². The number of benzene rings is 1. The van der Waals surface area contributed by atoms with Gasteiger partial charge in [0.25, 0.3) is 0 Å². The molecule has 0 saturated heterocycles. The fourth-order valence-electron chi connectivity index (χ4n) is 1.99. The van der Waals surface area contributed by atoms with E-state index in [9.17, 15) is 5.11 Å². The highest BCUT2D eigenvalue weighted by Crippen LogP contribution is 2.12. The van der Waals surface area contributed by atoms with Gasteiger partial charge in [0.15, 0.2) is 0 Å². The van der Waals surface area contributed by atoms with Crippen molar-refractivity contribution < 1.29 is 9.84 Å². The summed E-state index contributed by atoms with van der Waals surface area (Å²) >= 11 is 0. The third-order valence-electron chi connectivity index (χ3n) is 3.17. The third kappa shape index (κ3) is 3.91. The van der Waals surface area contributed by atoms with E-state index in [0.717, 1.165) is 5.56 Å². The van der Waals surface area contributed by atoms with Crippen LogP contribution in [0.25, 0.3) is 11.4 Å². The molecule has 0 aliphatic rings. The summed E-state index contributed by atoms with van der Waals surface area (Å²) in [6.07, 6.45) is 2.51. The number of aromatic nitrogens is 5. The number of tetrazole rings is 1. The highest BCUT2D eigenvalue weighted by Gasteiger charge is 2.11. The van der Waals surface area contributed by atoms with Crippen LogP contribution in [0.5, 0.6) is 5.75 Å². The normalized spacial score (nSPS) is 11.7. The summed E-state index contributed by atoms with van der Waals surface area (Å²) in [5.74, 6) is 1.03. The smallest absolute Gasteiger partial charge is 0.206 e. The fraction of sp³-hybridized carbons (Fsp3) is 0.188. The Morgan fingerprint density at radius 1 is 1.25 bits per heavy atom. The SMILES string of the molecule is N#Cc1ccc(OC[C@H](O)Cn2nnc(-c3cccnc3)n2)cc1. The largest absolute Gasteiger partial charge is 0.491 e. The molecule has 0 amide bonds. The fourth-order valence-corrected chi connectivity index (χ4v) is 1.99. The maximum atomic E-state index is 10.0. The number of aliphatic hydroxyl groups is 1. The molecule has 120 valence electrons. The van der Waals surface area contributed by atoms with Gasteiger partial charge in [-0.2, -0.15) is 10.1 Å². The van der Waals surface area contributed by atoms with Crippen molar-refractivity contribution in [2.45, 2.75) is 12.6 Å². The zero-order valence-corrected chi connectivity index (χ0v) is 12.6. The van der Waals surface area contributed by atoms with E-state index < -0.39 is 6.10 Å². The van der Waals surface area contributed by atoms with Crippen LogP contribution >= 0.6 is 0 Å². The predicted octanol–water partition coefficient (Wildman–Crippen LogP) is 1.05. The second-order valence-corrected chi connectivity index (χ2v) is 5.01. The van der Waals surface area contributed by atoms with Crippen LogP contribution < -0.4 is 4.74 Å². The third-order valence-corrected chi connectivity index (χ3v) is 3.17. The molecule has 0 spiro atoms. The average molecular weight is 322 g/mol. The van der Waals surface area contributed by atoms with Gasteiger partial charge in [-0.3, -0.25) is 4.98 Å². The summed E-state index contributed by atoms with van der Waals surface area (Å²) in [4.78, 5) is 5.31. The molecule has 0 radical (unpaired) electrons. The van der Waals surface area contributed by atoms with Crippen molar-refractivity contribution in [3.05, 3.63) is 54.4 Å². The highest BCUT2D eigenvalue weighted by atomic mass is 16.5. The maximum Gasteiger partial charge on any atom is 0.206 e. The molecule has 0 fully saturated rings. The number of pyridine rings is 1. The molecule has 0 bridgehead atoms. The van der Waals surface area contributed by atoms with Gasteiger partial charge in [-0.05, 0) is 41.6 Å². The van der Waals surface area contributed by atoms with Gasteiger partial charge >= 0.3 is 0 Å². The number of rotatable bonds is 6. The van der Waals surface area contributed by atoms with Gasteiger partial charge in [0, 0.05) is 18.0 Å². The summed E-state index contributed by atoms with van der Waals surface area (Å²) in [5, 5.41) is 30.8. The van der Waals surface area contributed by atoms with E-state index in [2.05, 4.69) is 20.4 Å². The van der Waals surface area contributed by atoms with Crippen LogP contribution in [0, 0.1) is 11.3 Å². The highest BCUT2D eigenvalue weighted by molar-refractivity contribution is 5.51. The van der Waals surface area contributed by atoms with Gasteiger partial charge in [0.05, 0.1) is 18.2 Å². The number of nitrogens with zero attached hydrogens (tertiary/aromatic N) is 6. The molecule has 1 N–H and O–H groups in total. The number of ether oxygens (including phenoxy) is 1. The summed E-state index contributed by atoms with van der Waals surface area (Å²) in [6, 6.07) is 12.3. The zero-order valence-electron chi connectivity index (χ0n) is 12.6. The molecule has 3 aromatic rings. The lowest BCUT2D eigenvalue weighted by Crippen LogP contribution is -2.24. The van der Waals surface area contributed by atoms with Gasteiger partial charge in [-0.25, -0.2) is 0 Å². The first-order valence-corrected chi connectivity index (χ1v) is 7.24. The van der Waals surface area contributed by atoms with Crippen LogP contribution in [0.2, 0.25) is 0 Å². The van der Waals surface area contributed by atoms with E-state index >= 15 is 0 Å². The van der Waals surface area contributed by atoms with Gasteiger partial charge < -0.3 is 9.84 Å². The van der Waals surface area contributed by atoms with Crippen molar-refractivity contribution in [2.75, 3.05) is 6.61 Å². The van der Waals surface area contributed by atoms with E-state index in [1.54, 1.807) is 42.7 Å². The Kier molecular flexibility index (Phi) is 4.74. The Labute approximate surface area is 138 Å². The minimum absolute atomic E-state index is 0.0790. The van der Waals surface area contributed by atoms with Crippen molar-refractivity contribution in [1.82, 2.24) is 25.2 Å². The molecular formula is C16H14N6O2. The molecule has 24 heavy (non-hydrogen) atoms. The van der Waals surface area contributed by atoms with Crippen LogP contribution in [0.15, 0.2) is 48.8 Å². The van der Waals surface area contributed by atoms with Gasteiger partial charge in [-0.15, -0.1) is 10.2 Å². The number of hydrogen-bond donors (Lipinski definition) is 1. The van der Waals surface area contributed by atoms with Gasteiger partial charge in [0.2, 0.25) is 5.82 Å². The van der Waals surface area contributed by atoms with Crippen molar-refractivity contribution in [3.8, 4) is 23.2 Å². The van der Waals surface area contributed by atoms with E-state index in [1.807, 2.05) is 12.1 Å². The minimum Gasteiger partial charge on any atom is -0.491 e. The molecule has 3 rings (SSSR count). The van der Waals surface area contributed by atoms with E-state index in [1.165, 1.54) is 4.80 Å². The molecular weight excluding hydrogens is 308 g/mol. The number of hydrogen-bond acceptors (Lipinski definition) is 7. The van der Waals surface area contributed by atoms with Crippen molar-refractivity contribution in [2.24, 2.45) is 0 Å². The molecule has 1 aromatic carbocycles. The van der Waals surface area contributed by atoms with E-state index in [-0.39, 0.29) is 13.2 Å². The quantitative estimate of drug-likeness (QED) is 0.722. The first-order valence-electron chi connectivity index (χ1n) is 7.24. The maximum absolute atomic E-state index is 10.0. The molecule has 8 nitrogen and oxygen atoms in total. The minimum atomic E-state index is -0.795.